The Morgan fingerprint density at radius 1 is 0.518 bits per heavy atom. The van der Waals surface area contributed by atoms with Crippen LogP contribution in [0.3, 0.4) is 0 Å². The molecule has 0 saturated heterocycles. The van der Waals surface area contributed by atoms with Gasteiger partial charge >= 0.3 is 0 Å². The van der Waals surface area contributed by atoms with Crippen LogP contribution < -0.4 is 10.6 Å². The van der Waals surface area contributed by atoms with E-state index in [2.05, 4.69) is 44.9 Å². The summed E-state index contributed by atoms with van der Waals surface area (Å²) >= 11 is 0. The van der Waals surface area contributed by atoms with E-state index < -0.39 is 20.0 Å². The van der Waals surface area contributed by atoms with E-state index >= 15 is 0 Å². The van der Waals surface area contributed by atoms with Crippen molar-refractivity contribution in [2.75, 3.05) is 13.1 Å². The van der Waals surface area contributed by atoms with Gasteiger partial charge in [0.15, 0.2) is 0 Å². The standard InChI is InChI=1S/C43H43N7O4S2/c51-55(52,49-21-17-35-7-4-20-47-42(35)30-49)40-13-9-32(10-14-40)25-44-27-34-5-3-6-36(23-34)38-24-37-18-22-50(31-43(37)48-28-38)56(53,54)41-15-11-33(12-16-41)26-45-29-39-8-1-2-19-46-39/h1-16,19-20,23-24,28,44-45H,17-18,21-22,25-27,29-31H2. The van der Waals surface area contributed by atoms with Crippen molar-refractivity contribution in [2.45, 2.75) is 61.9 Å². The number of rotatable bonds is 13. The predicted molar refractivity (Wildman–Crippen MR) is 215 cm³/mol. The van der Waals surface area contributed by atoms with Gasteiger partial charge in [0.25, 0.3) is 0 Å². The number of pyridine rings is 3. The summed E-state index contributed by atoms with van der Waals surface area (Å²) in [4.78, 5) is 14.0. The van der Waals surface area contributed by atoms with Crippen molar-refractivity contribution >= 4 is 20.0 Å². The van der Waals surface area contributed by atoms with Crippen LogP contribution >= 0.6 is 0 Å². The Balaban J connectivity index is 0.842. The van der Waals surface area contributed by atoms with E-state index in [-0.39, 0.29) is 22.9 Å². The van der Waals surface area contributed by atoms with Gasteiger partial charge in [0.2, 0.25) is 20.0 Å². The summed E-state index contributed by atoms with van der Waals surface area (Å²) in [5.74, 6) is 0. The Hall–Kier alpha value is -5.15. The molecular formula is C43H43N7O4S2. The Morgan fingerprint density at radius 3 is 1.79 bits per heavy atom. The van der Waals surface area contributed by atoms with Crippen LogP contribution in [0.4, 0.5) is 0 Å². The molecule has 0 amide bonds. The zero-order valence-electron chi connectivity index (χ0n) is 30.9. The zero-order chi connectivity index (χ0) is 38.5. The minimum absolute atomic E-state index is 0.229. The molecule has 2 aliphatic rings. The van der Waals surface area contributed by atoms with E-state index in [1.165, 1.54) is 8.61 Å². The molecular weight excluding hydrogens is 743 g/mol. The number of sulfonamides is 2. The van der Waals surface area contributed by atoms with Crippen LogP contribution in [-0.4, -0.2) is 53.5 Å². The van der Waals surface area contributed by atoms with Gasteiger partial charge < -0.3 is 10.6 Å². The lowest BCUT2D eigenvalue weighted by molar-refractivity contribution is 0.385. The highest BCUT2D eigenvalue weighted by atomic mass is 32.2. The minimum Gasteiger partial charge on any atom is -0.309 e. The van der Waals surface area contributed by atoms with Crippen molar-refractivity contribution in [2.24, 2.45) is 0 Å². The highest BCUT2D eigenvalue weighted by molar-refractivity contribution is 7.89. The molecule has 11 nitrogen and oxygen atoms in total. The lowest BCUT2D eigenvalue weighted by atomic mass is 9.99. The van der Waals surface area contributed by atoms with Crippen LogP contribution in [0, 0.1) is 0 Å². The Morgan fingerprint density at radius 2 is 1.12 bits per heavy atom. The summed E-state index contributed by atoms with van der Waals surface area (Å²) in [7, 11) is -7.30. The second kappa shape index (κ2) is 16.5. The van der Waals surface area contributed by atoms with Gasteiger partial charge in [-0.25, -0.2) is 16.8 Å². The van der Waals surface area contributed by atoms with Crippen LogP contribution in [0.5, 0.6) is 0 Å². The first-order valence-corrected chi connectivity index (χ1v) is 21.6. The average Bonchev–Trinajstić information content (AvgIpc) is 3.24. The number of nitrogens with zero attached hydrogens (tertiary/aromatic N) is 5. The molecule has 0 radical (unpaired) electrons. The van der Waals surface area contributed by atoms with Gasteiger partial charge in [-0.15, -0.1) is 0 Å². The van der Waals surface area contributed by atoms with Crippen molar-refractivity contribution in [1.82, 2.24) is 34.2 Å². The highest BCUT2D eigenvalue weighted by Gasteiger charge is 2.30. The molecule has 0 aliphatic carbocycles. The van der Waals surface area contributed by atoms with Crippen LogP contribution in [0.15, 0.2) is 138 Å². The molecule has 2 N–H and O–H groups in total. The van der Waals surface area contributed by atoms with E-state index in [4.69, 9.17) is 4.98 Å². The molecule has 13 heteroatoms. The molecule has 0 atom stereocenters. The van der Waals surface area contributed by atoms with E-state index in [1.807, 2.05) is 66.9 Å². The lowest BCUT2D eigenvalue weighted by Gasteiger charge is -2.27. The van der Waals surface area contributed by atoms with Gasteiger partial charge in [-0.05, 0) is 101 Å². The third kappa shape index (κ3) is 8.48. The average molecular weight is 786 g/mol. The number of hydrogen-bond donors (Lipinski definition) is 2. The van der Waals surface area contributed by atoms with E-state index in [1.54, 1.807) is 36.7 Å². The first-order valence-electron chi connectivity index (χ1n) is 18.7. The van der Waals surface area contributed by atoms with Crippen molar-refractivity contribution in [3.8, 4) is 11.1 Å². The molecule has 2 aliphatic heterocycles. The lowest BCUT2D eigenvalue weighted by Crippen LogP contribution is -2.36. The second-order valence-corrected chi connectivity index (χ2v) is 18.0. The van der Waals surface area contributed by atoms with Gasteiger partial charge in [0.1, 0.15) is 0 Å². The number of fused-ring (bicyclic) bond motifs is 2. The van der Waals surface area contributed by atoms with Crippen molar-refractivity contribution < 1.29 is 16.8 Å². The number of benzene rings is 3. The van der Waals surface area contributed by atoms with Gasteiger partial charge in [-0.2, -0.15) is 8.61 Å². The molecule has 0 unspecified atom stereocenters. The van der Waals surface area contributed by atoms with Gasteiger partial charge in [0.05, 0.1) is 40.0 Å². The molecule has 5 heterocycles. The fraction of sp³-hybridized carbons (Fsp3) is 0.233. The molecule has 286 valence electrons. The van der Waals surface area contributed by atoms with Crippen molar-refractivity contribution in [3.05, 3.63) is 173 Å². The summed E-state index contributed by atoms with van der Waals surface area (Å²) in [5, 5.41) is 6.83. The Bertz CT molecular complexity index is 2540. The number of nitrogens with one attached hydrogen (secondary N) is 2. The molecule has 0 saturated carbocycles. The second-order valence-electron chi connectivity index (χ2n) is 14.1. The summed E-state index contributed by atoms with van der Waals surface area (Å²) in [6.07, 6.45) is 6.53. The quantitative estimate of drug-likeness (QED) is 0.153. The van der Waals surface area contributed by atoms with Crippen LogP contribution in [0.2, 0.25) is 0 Å². The maximum atomic E-state index is 13.6. The molecule has 0 spiro atoms. The molecule has 6 aromatic rings. The first kappa shape index (κ1) is 37.8. The molecule has 56 heavy (non-hydrogen) atoms. The van der Waals surface area contributed by atoms with Crippen LogP contribution in [-0.2, 0) is 72.2 Å². The molecule has 0 bridgehead atoms. The van der Waals surface area contributed by atoms with Crippen LogP contribution in [0.25, 0.3) is 11.1 Å². The van der Waals surface area contributed by atoms with Crippen LogP contribution in [0.1, 0.15) is 44.9 Å². The van der Waals surface area contributed by atoms with E-state index in [0.29, 0.717) is 52.1 Å². The fourth-order valence-electron chi connectivity index (χ4n) is 7.20. The maximum absolute atomic E-state index is 13.6. The fourth-order valence-corrected chi connectivity index (χ4v) is 10.00. The SMILES string of the molecule is O=S(=O)(c1ccc(CNCc2cccc(-c3cnc4c(c3)CCN(S(=O)(=O)c3ccc(CNCc5ccccn5)cc3)C4)c2)cc1)N1CCc2cccnc2C1. The molecule has 3 aromatic carbocycles. The Kier molecular flexibility index (Phi) is 11.1. The molecule has 3 aromatic heterocycles. The Labute approximate surface area is 328 Å². The topological polar surface area (TPSA) is 137 Å². The summed E-state index contributed by atoms with van der Waals surface area (Å²) < 4.78 is 56.9. The minimum atomic E-state index is -3.68. The predicted octanol–water partition coefficient (Wildman–Crippen LogP) is 5.61. The first-order chi connectivity index (χ1) is 27.2. The summed E-state index contributed by atoms with van der Waals surface area (Å²) in [6.45, 7) is 3.79. The van der Waals surface area contributed by atoms with Gasteiger partial charge in [-0.3, -0.25) is 15.0 Å². The number of aromatic nitrogens is 3. The largest absolute Gasteiger partial charge is 0.309 e. The summed E-state index contributed by atoms with van der Waals surface area (Å²) in [5.41, 5.74) is 9.81. The van der Waals surface area contributed by atoms with Gasteiger partial charge in [-0.1, -0.05) is 54.6 Å². The normalized spacial score (nSPS) is 14.9. The highest BCUT2D eigenvalue weighted by Crippen LogP contribution is 2.29. The van der Waals surface area contributed by atoms with E-state index in [0.717, 1.165) is 56.0 Å². The van der Waals surface area contributed by atoms with Crippen molar-refractivity contribution in [1.29, 1.82) is 0 Å². The van der Waals surface area contributed by atoms with Gasteiger partial charge in [0, 0.05) is 63.4 Å². The monoisotopic (exact) mass is 785 g/mol. The molecule has 0 fully saturated rings. The van der Waals surface area contributed by atoms with E-state index in [9.17, 15) is 16.8 Å². The summed E-state index contributed by atoms with van der Waals surface area (Å²) in [6, 6.07) is 34.2. The zero-order valence-corrected chi connectivity index (χ0v) is 32.5. The maximum Gasteiger partial charge on any atom is 0.243 e. The third-order valence-electron chi connectivity index (χ3n) is 10.4. The molecule has 8 rings (SSSR count). The number of hydrogen-bond acceptors (Lipinski definition) is 9. The smallest absolute Gasteiger partial charge is 0.243 e. The third-order valence-corrected chi connectivity index (χ3v) is 14.1. The van der Waals surface area contributed by atoms with Crippen molar-refractivity contribution in [3.63, 3.8) is 0 Å².